The predicted molar refractivity (Wildman–Crippen MR) is 86.7 cm³/mol. The molecule has 3 aromatic heterocycles. The normalized spacial score (nSPS) is 11.0. The number of benzene rings is 1. The van der Waals surface area contributed by atoms with E-state index in [0.29, 0.717) is 16.4 Å². The van der Waals surface area contributed by atoms with Crippen LogP contribution >= 0.6 is 0 Å². The number of carbonyl (C=O) groups is 1. The Labute approximate surface area is 136 Å². The largest absolute Gasteiger partial charge is 0.505 e. The van der Waals surface area contributed by atoms with Crippen LogP contribution in [0.15, 0.2) is 48.9 Å². The molecule has 0 amide bonds. The third kappa shape index (κ3) is 1.98. The molecule has 0 aliphatic carbocycles. The van der Waals surface area contributed by atoms with Crippen LogP contribution in [0.2, 0.25) is 0 Å². The molecule has 0 bridgehead atoms. The summed E-state index contributed by atoms with van der Waals surface area (Å²) in [5.41, 5.74) is 2.04. The summed E-state index contributed by atoms with van der Waals surface area (Å²) in [5.74, 6) is -0.931. The number of carbonyl (C=O) groups excluding carboxylic acids is 1. The minimum atomic E-state index is -0.697. The highest BCUT2D eigenvalue weighted by Gasteiger charge is 2.22. The number of esters is 1. The molecule has 1 aromatic carbocycles. The van der Waals surface area contributed by atoms with E-state index in [9.17, 15) is 9.90 Å². The van der Waals surface area contributed by atoms with Crippen LogP contribution in [0.4, 0.5) is 0 Å². The molecule has 0 atom stereocenters. The smallest absolute Gasteiger partial charge is 0.360 e. The molecule has 0 spiro atoms. The summed E-state index contributed by atoms with van der Waals surface area (Å²) in [6.45, 7) is 0. The molecule has 7 heteroatoms. The van der Waals surface area contributed by atoms with Crippen LogP contribution < -0.4 is 0 Å². The van der Waals surface area contributed by atoms with E-state index in [-0.39, 0.29) is 11.4 Å². The zero-order chi connectivity index (χ0) is 16.7. The lowest BCUT2D eigenvalue weighted by Crippen LogP contribution is -2.10. The monoisotopic (exact) mass is 320 g/mol. The average molecular weight is 320 g/mol. The van der Waals surface area contributed by atoms with Crippen LogP contribution in [0, 0.1) is 0 Å². The molecule has 4 aromatic rings. The van der Waals surface area contributed by atoms with Gasteiger partial charge in [-0.1, -0.05) is 30.3 Å². The minimum absolute atomic E-state index is 0.0771. The topological polar surface area (TPSA) is 89.6 Å². The van der Waals surface area contributed by atoms with E-state index in [4.69, 9.17) is 4.74 Å². The van der Waals surface area contributed by atoms with Crippen molar-refractivity contribution < 1.29 is 14.6 Å². The van der Waals surface area contributed by atoms with Gasteiger partial charge in [0.05, 0.1) is 12.8 Å². The van der Waals surface area contributed by atoms with Gasteiger partial charge in [0.15, 0.2) is 17.1 Å². The van der Waals surface area contributed by atoms with Crippen molar-refractivity contribution in [3.05, 3.63) is 54.6 Å². The van der Waals surface area contributed by atoms with Crippen molar-refractivity contribution in [3.63, 3.8) is 0 Å². The van der Waals surface area contributed by atoms with Gasteiger partial charge in [-0.05, 0) is 6.07 Å². The molecule has 24 heavy (non-hydrogen) atoms. The van der Waals surface area contributed by atoms with Gasteiger partial charge in [0.1, 0.15) is 6.33 Å². The first-order chi connectivity index (χ1) is 11.7. The zero-order valence-electron chi connectivity index (χ0n) is 12.7. The van der Waals surface area contributed by atoms with Crippen LogP contribution in [-0.4, -0.2) is 37.8 Å². The second kappa shape index (κ2) is 5.31. The number of nitrogens with zero attached hydrogens (tertiary/aromatic N) is 4. The van der Waals surface area contributed by atoms with Crippen molar-refractivity contribution in [2.24, 2.45) is 0 Å². The lowest BCUT2D eigenvalue weighted by atomic mass is 10.1. The first-order valence-corrected chi connectivity index (χ1v) is 7.19. The van der Waals surface area contributed by atoms with Crippen LogP contribution in [-0.2, 0) is 4.74 Å². The molecule has 0 fully saturated rings. The maximum Gasteiger partial charge on any atom is 0.360 e. The third-order valence-electron chi connectivity index (χ3n) is 3.83. The predicted octanol–water partition coefficient (Wildman–Crippen LogP) is 2.44. The van der Waals surface area contributed by atoms with Gasteiger partial charge in [0.25, 0.3) is 0 Å². The fourth-order valence-electron chi connectivity index (χ4n) is 2.69. The van der Waals surface area contributed by atoms with E-state index in [2.05, 4.69) is 15.1 Å². The molecule has 118 valence electrons. The van der Waals surface area contributed by atoms with Gasteiger partial charge >= 0.3 is 5.97 Å². The maximum atomic E-state index is 12.0. The van der Waals surface area contributed by atoms with E-state index < -0.39 is 5.97 Å². The number of aromatic hydroxyl groups is 1. The molecule has 3 heterocycles. The van der Waals surface area contributed by atoms with Gasteiger partial charge < -0.3 is 9.84 Å². The van der Waals surface area contributed by atoms with Gasteiger partial charge in [-0.15, -0.1) is 0 Å². The summed E-state index contributed by atoms with van der Waals surface area (Å²) in [6.07, 6.45) is 2.84. The molecule has 1 N–H and O–H groups in total. The molecular formula is C17H12N4O3. The number of hydrogen-bond donors (Lipinski definition) is 1. The number of aromatic nitrogens is 4. The highest BCUT2D eigenvalue weighted by Crippen LogP contribution is 2.33. The van der Waals surface area contributed by atoms with Crippen molar-refractivity contribution in [1.29, 1.82) is 0 Å². The van der Waals surface area contributed by atoms with Crippen LogP contribution in [0.25, 0.3) is 27.7 Å². The average Bonchev–Trinajstić information content (AvgIpc) is 3.11. The van der Waals surface area contributed by atoms with Gasteiger partial charge in [-0.3, -0.25) is 4.98 Å². The van der Waals surface area contributed by atoms with E-state index >= 15 is 0 Å². The summed E-state index contributed by atoms with van der Waals surface area (Å²) in [7, 11) is 1.24. The second-order valence-electron chi connectivity index (χ2n) is 5.17. The van der Waals surface area contributed by atoms with Gasteiger partial charge in [0, 0.05) is 22.5 Å². The van der Waals surface area contributed by atoms with Gasteiger partial charge in [0.2, 0.25) is 0 Å². The standard InChI is InChI=1S/C17H12N4O3/c1-24-17(23)14-15(22)12-8-18-13(10-5-3-2-4-6-10)7-11(12)16-19-9-20-21(14)16/h2-9,22H,1H3. The summed E-state index contributed by atoms with van der Waals surface area (Å²) in [4.78, 5) is 20.6. The number of pyridine rings is 2. The Balaban J connectivity index is 2.07. The van der Waals surface area contributed by atoms with E-state index in [0.717, 1.165) is 11.3 Å². The molecular weight excluding hydrogens is 308 g/mol. The number of methoxy groups -OCH3 is 1. The Bertz CT molecular complexity index is 1070. The number of hydrogen-bond acceptors (Lipinski definition) is 6. The first-order valence-electron chi connectivity index (χ1n) is 7.19. The molecule has 0 aliphatic rings. The lowest BCUT2D eigenvalue weighted by molar-refractivity contribution is 0.0587. The Morgan fingerprint density at radius 3 is 2.71 bits per heavy atom. The highest BCUT2D eigenvalue weighted by molar-refractivity contribution is 6.05. The number of rotatable bonds is 2. The second-order valence-corrected chi connectivity index (χ2v) is 5.17. The van der Waals surface area contributed by atoms with E-state index in [1.54, 1.807) is 0 Å². The molecule has 4 rings (SSSR count). The quantitative estimate of drug-likeness (QED) is 0.571. The van der Waals surface area contributed by atoms with Crippen LogP contribution in [0.1, 0.15) is 10.5 Å². The molecule has 7 nitrogen and oxygen atoms in total. The van der Waals surface area contributed by atoms with Crippen molar-refractivity contribution in [2.75, 3.05) is 7.11 Å². The van der Waals surface area contributed by atoms with Crippen LogP contribution in [0.3, 0.4) is 0 Å². The summed E-state index contributed by atoms with van der Waals surface area (Å²) >= 11 is 0. The first kappa shape index (κ1) is 14.1. The summed E-state index contributed by atoms with van der Waals surface area (Å²) in [5, 5.41) is 15.6. The van der Waals surface area contributed by atoms with Gasteiger partial charge in [-0.2, -0.15) is 5.10 Å². The Morgan fingerprint density at radius 2 is 1.96 bits per heavy atom. The fraction of sp³-hybridized carbons (Fsp3) is 0.0588. The van der Waals surface area contributed by atoms with Crippen molar-refractivity contribution >= 4 is 22.4 Å². The fourth-order valence-corrected chi connectivity index (χ4v) is 2.69. The molecule has 0 radical (unpaired) electrons. The van der Waals surface area contributed by atoms with Crippen LogP contribution in [0.5, 0.6) is 5.75 Å². The van der Waals surface area contributed by atoms with Gasteiger partial charge in [-0.25, -0.2) is 14.3 Å². The Morgan fingerprint density at radius 1 is 1.17 bits per heavy atom. The number of fused-ring (bicyclic) bond motifs is 3. The maximum absolute atomic E-state index is 12.0. The van der Waals surface area contributed by atoms with Crippen molar-refractivity contribution in [2.45, 2.75) is 0 Å². The van der Waals surface area contributed by atoms with E-state index in [1.165, 1.54) is 24.1 Å². The molecule has 0 unspecified atom stereocenters. The SMILES string of the molecule is COC(=O)c1c(O)c2cnc(-c3ccccc3)cc2c2ncnn12. The number of ether oxygens (including phenoxy) is 1. The Kier molecular flexibility index (Phi) is 3.13. The third-order valence-corrected chi connectivity index (χ3v) is 3.83. The highest BCUT2D eigenvalue weighted by atomic mass is 16.5. The molecule has 0 saturated heterocycles. The minimum Gasteiger partial charge on any atom is -0.505 e. The Hall–Kier alpha value is -3.48. The summed E-state index contributed by atoms with van der Waals surface area (Å²) in [6, 6.07) is 11.5. The summed E-state index contributed by atoms with van der Waals surface area (Å²) < 4.78 is 6.00. The zero-order valence-corrected chi connectivity index (χ0v) is 12.7. The molecule has 0 saturated carbocycles. The van der Waals surface area contributed by atoms with Crippen molar-refractivity contribution in [1.82, 2.24) is 19.6 Å². The van der Waals surface area contributed by atoms with Crippen molar-refractivity contribution in [3.8, 4) is 17.0 Å². The molecule has 0 aliphatic heterocycles. The lowest BCUT2D eigenvalue weighted by Gasteiger charge is -2.10. The van der Waals surface area contributed by atoms with E-state index in [1.807, 2.05) is 36.4 Å².